The third kappa shape index (κ3) is 0.926. The van der Waals surface area contributed by atoms with E-state index in [1.165, 1.54) is 0 Å². The summed E-state index contributed by atoms with van der Waals surface area (Å²) in [5.41, 5.74) is 0.734. The molecule has 10 heavy (non-hydrogen) atoms. The van der Waals surface area contributed by atoms with E-state index in [2.05, 4.69) is 13.8 Å². The van der Waals surface area contributed by atoms with E-state index in [1.54, 1.807) is 21.7 Å². The van der Waals surface area contributed by atoms with Crippen LogP contribution < -0.4 is 21.2 Å². The Kier molecular flexibility index (Phi) is 1.74. The molecular weight excluding hydrogens is 235 g/mol. The van der Waals surface area contributed by atoms with E-state index in [0.717, 1.165) is 17.3 Å². The first-order valence-corrected chi connectivity index (χ1v) is 7.30. The van der Waals surface area contributed by atoms with Crippen LogP contribution in [-0.4, -0.2) is 8.86 Å². The Morgan fingerprint density at radius 2 is 1.60 bits per heavy atom. The molecule has 60 valence electrons. The van der Waals surface area contributed by atoms with Gasteiger partial charge >= 0.3 is 74.0 Å². The molecule has 2 fully saturated rings. The van der Waals surface area contributed by atoms with Gasteiger partial charge in [-0.1, -0.05) is 0 Å². The normalized spacial score (nSPS) is 44.6. The Bertz CT molecular complexity index is 122. The second kappa shape index (κ2) is 2.36. The number of rotatable bonds is 0. The SMILES string of the molecule is CC1(C)C2CCC1C[I-]C2. The molecule has 2 atom stereocenters. The van der Waals surface area contributed by atoms with E-state index < -0.39 is 0 Å². The van der Waals surface area contributed by atoms with E-state index in [9.17, 15) is 0 Å². The molecule has 0 aromatic rings. The maximum absolute atomic E-state index is 2.50. The molecule has 1 saturated heterocycles. The van der Waals surface area contributed by atoms with E-state index in [1.807, 2.05) is 0 Å². The number of fused-ring (bicyclic) bond motifs is 2. The van der Waals surface area contributed by atoms with Crippen molar-refractivity contribution >= 4 is 0 Å². The molecule has 2 aliphatic rings. The number of alkyl halides is 2. The van der Waals surface area contributed by atoms with Gasteiger partial charge in [0.15, 0.2) is 0 Å². The average molecular weight is 251 g/mol. The van der Waals surface area contributed by atoms with Crippen LogP contribution in [0.1, 0.15) is 26.7 Å². The van der Waals surface area contributed by atoms with Crippen molar-refractivity contribution in [3.63, 3.8) is 0 Å². The molecule has 2 unspecified atom stereocenters. The molecule has 1 aliphatic carbocycles. The molecule has 0 nitrogen and oxygen atoms in total. The van der Waals surface area contributed by atoms with Crippen molar-refractivity contribution in [3.8, 4) is 0 Å². The van der Waals surface area contributed by atoms with Crippen LogP contribution in [-0.2, 0) is 0 Å². The van der Waals surface area contributed by atoms with E-state index in [0.29, 0.717) is 21.2 Å². The summed E-state index contributed by atoms with van der Waals surface area (Å²) in [6.07, 6.45) is 3.11. The molecule has 2 rings (SSSR count). The molecule has 2 bridgehead atoms. The van der Waals surface area contributed by atoms with Crippen molar-refractivity contribution in [1.29, 1.82) is 0 Å². The monoisotopic (exact) mass is 251 g/mol. The van der Waals surface area contributed by atoms with E-state index in [4.69, 9.17) is 0 Å². The number of halogens is 1. The van der Waals surface area contributed by atoms with Crippen LogP contribution in [0.2, 0.25) is 0 Å². The van der Waals surface area contributed by atoms with Gasteiger partial charge in [0.2, 0.25) is 0 Å². The topological polar surface area (TPSA) is 0 Å². The fraction of sp³-hybridized carbons (Fsp3) is 1.00. The van der Waals surface area contributed by atoms with Crippen molar-refractivity contribution in [1.82, 2.24) is 0 Å². The van der Waals surface area contributed by atoms with Crippen molar-refractivity contribution in [3.05, 3.63) is 0 Å². The van der Waals surface area contributed by atoms with Gasteiger partial charge in [0, 0.05) is 0 Å². The summed E-state index contributed by atoms with van der Waals surface area (Å²) in [6, 6.07) is 0. The quantitative estimate of drug-likeness (QED) is 0.388. The van der Waals surface area contributed by atoms with Gasteiger partial charge in [-0.2, -0.15) is 0 Å². The first-order chi connectivity index (χ1) is 4.71. The number of hydrogen-bond acceptors (Lipinski definition) is 0. The predicted octanol–water partition coefficient (Wildman–Crippen LogP) is -0.859. The van der Waals surface area contributed by atoms with Crippen LogP contribution in [0.5, 0.6) is 0 Å². The van der Waals surface area contributed by atoms with Gasteiger partial charge in [0.25, 0.3) is 0 Å². The Balaban J connectivity index is 2.21. The zero-order valence-electron chi connectivity index (χ0n) is 6.86. The Hall–Kier alpha value is 0.730. The van der Waals surface area contributed by atoms with Crippen LogP contribution in [0, 0.1) is 17.3 Å². The second-order valence-electron chi connectivity index (χ2n) is 4.29. The molecule has 0 spiro atoms. The zero-order chi connectivity index (χ0) is 7.19. The van der Waals surface area contributed by atoms with Crippen LogP contribution in [0.15, 0.2) is 0 Å². The third-order valence-electron chi connectivity index (χ3n) is 3.56. The van der Waals surface area contributed by atoms with Crippen molar-refractivity contribution in [2.45, 2.75) is 26.7 Å². The molecule has 1 heterocycles. The summed E-state index contributed by atoms with van der Waals surface area (Å²) in [5, 5.41) is 0. The van der Waals surface area contributed by atoms with Crippen molar-refractivity contribution in [2.24, 2.45) is 17.3 Å². The summed E-state index contributed by atoms with van der Waals surface area (Å²) in [4.78, 5) is 0. The fourth-order valence-corrected chi connectivity index (χ4v) is 7.37. The third-order valence-corrected chi connectivity index (χ3v) is 6.93. The molecule has 1 aliphatic heterocycles. The van der Waals surface area contributed by atoms with Crippen LogP contribution in [0.3, 0.4) is 0 Å². The van der Waals surface area contributed by atoms with Gasteiger partial charge < -0.3 is 0 Å². The summed E-state index contributed by atoms with van der Waals surface area (Å²) in [5.74, 6) is 2.25. The minimum absolute atomic E-state index is 0.637. The van der Waals surface area contributed by atoms with Crippen LogP contribution in [0.4, 0.5) is 0 Å². The molecule has 0 radical (unpaired) electrons. The maximum atomic E-state index is 2.50. The molecule has 0 aromatic carbocycles. The van der Waals surface area contributed by atoms with Gasteiger partial charge in [-0.05, 0) is 0 Å². The average Bonchev–Trinajstić information content (AvgIpc) is 2.17. The summed E-state index contributed by atoms with van der Waals surface area (Å²) >= 11 is 0.637. The van der Waals surface area contributed by atoms with Gasteiger partial charge in [0.05, 0.1) is 0 Å². The standard InChI is InChI=1S/C9H16I/c1-9(2)7-3-4-8(9)6-10-5-7/h7-8H,3-6H2,1-2H3/q-1. The Labute approximate surface area is 74.0 Å². The van der Waals surface area contributed by atoms with Crippen LogP contribution in [0.25, 0.3) is 0 Å². The van der Waals surface area contributed by atoms with E-state index >= 15 is 0 Å². The minimum atomic E-state index is 0.637. The molecule has 0 aromatic heterocycles. The second-order valence-corrected chi connectivity index (χ2v) is 7.13. The first-order valence-electron chi connectivity index (χ1n) is 4.24. The molecule has 1 heteroatoms. The van der Waals surface area contributed by atoms with Gasteiger partial charge in [-0.25, -0.2) is 0 Å². The molecule has 0 amide bonds. The summed E-state index contributed by atoms with van der Waals surface area (Å²) < 4.78 is 3.25. The van der Waals surface area contributed by atoms with Gasteiger partial charge in [-0.3, -0.25) is 0 Å². The Morgan fingerprint density at radius 1 is 1.10 bits per heavy atom. The summed E-state index contributed by atoms with van der Waals surface area (Å²) in [7, 11) is 0. The van der Waals surface area contributed by atoms with Crippen LogP contribution >= 0.6 is 0 Å². The van der Waals surface area contributed by atoms with Gasteiger partial charge in [-0.15, -0.1) is 0 Å². The Morgan fingerprint density at radius 3 is 2.00 bits per heavy atom. The molecular formula is C9H16I-. The molecule has 1 saturated carbocycles. The van der Waals surface area contributed by atoms with Crippen molar-refractivity contribution < 1.29 is 21.2 Å². The fourth-order valence-electron chi connectivity index (χ4n) is 2.36. The first kappa shape index (κ1) is 7.38. The predicted molar refractivity (Wildman–Crippen MR) is 39.7 cm³/mol. The van der Waals surface area contributed by atoms with Gasteiger partial charge in [0.1, 0.15) is 0 Å². The zero-order valence-corrected chi connectivity index (χ0v) is 9.02. The summed E-state index contributed by atoms with van der Waals surface area (Å²) in [6.45, 7) is 5.00. The number of hydrogen-bond donors (Lipinski definition) is 0. The van der Waals surface area contributed by atoms with Crippen molar-refractivity contribution in [2.75, 3.05) is 8.86 Å². The molecule has 0 N–H and O–H groups in total. The van der Waals surface area contributed by atoms with E-state index in [-0.39, 0.29) is 0 Å².